The van der Waals surface area contributed by atoms with Crippen molar-refractivity contribution in [2.75, 3.05) is 16.8 Å². The lowest BCUT2D eigenvalue weighted by Gasteiger charge is -2.20. The lowest BCUT2D eigenvalue weighted by Crippen LogP contribution is -2.39. The first-order valence-corrected chi connectivity index (χ1v) is 7.42. The third-order valence-electron chi connectivity index (χ3n) is 3.44. The second-order valence-corrected chi connectivity index (χ2v) is 4.89. The SMILES string of the molecule is CCc1ccc(NC(=O)C(=O)N(CC)c2ccccc2)cc1. The number of hydrogen-bond acceptors (Lipinski definition) is 2. The van der Waals surface area contributed by atoms with Gasteiger partial charge in [-0.2, -0.15) is 0 Å². The lowest BCUT2D eigenvalue weighted by molar-refractivity contribution is -0.134. The predicted molar refractivity (Wildman–Crippen MR) is 88.9 cm³/mol. The number of para-hydroxylation sites is 1. The summed E-state index contributed by atoms with van der Waals surface area (Å²) in [7, 11) is 0. The standard InChI is InChI=1S/C18H20N2O2/c1-3-14-10-12-15(13-11-14)19-17(21)18(22)20(4-2)16-8-6-5-7-9-16/h5-13H,3-4H2,1-2H3,(H,19,21). The average molecular weight is 296 g/mol. The van der Waals surface area contributed by atoms with Crippen LogP contribution in [0, 0.1) is 0 Å². The highest BCUT2D eigenvalue weighted by Gasteiger charge is 2.21. The van der Waals surface area contributed by atoms with Gasteiger partial charge in [-0.1, -0.05) is 37.3 Å². The molecule has 4 heteroatoms. The summed E-state index contributed by atoms with van der Waals surface area (Å²) in [5, 5.41) is 2.65. The van der Waals surface area contributed by atoms with E-state index in [0.717, 1.165) is 6.42 Å². The molecule has 0 spiro atoms. The fourth-order valence-electron chi connectivity index (χ4n) is 2.18. The number of hydrogen-bond donors (Lipinski definition) is 1. The minimum Gasteiger partial charge on any atom is -0.318 e. The van der Waals surface area contributed by atoms with E-state index in [4.69, 9.17) is 0 Å². The van der Waals surface area contributed by atoms with Crippen molar-refractivity contribution in [3.05, 3.63) is 60.2 Å². The van der Waals surface area contributed by atoms with Crippen LogP contribution in [0.5, 0.6) is 0 Å². The van der Waals surface area contributed by atoms with Crippen LogP contribution in [0.15, 0.2) is 54.6 Å². The zero-order valence-electron chi connectivity index (χ0n) is 12.9. The molecule has 2 aromatic carbocycles. The number of benzene rings is 2. The number of amides is 2. The summed E-state index contributed by atoms with van der Waals surface area (Å²) in [4.78, 5) is 25.9. The topological polar surface area (TPSA) is 49.4 Å². The number of carbonyl (C=O) groups is 2. The zero-order valence-corrected chi connectivity index (χ0v) is 12.9. The molecule has 0 saturated heterocycles. The van der Waals surface area contributed by atoms with Gasteiger partial charge in [0.25, 0.3) is 0 Å². The van der Waals surface area contributed by atoms with Crippen LogP contribution in [-0.2, 0) is 16.0 Å². The first kappa shape index (κ1) is 15.8. The van der Waals surface area contributed by atoms with E-state index in [0.29, 0.717) is 17.9 Å². The number of aryl methyl sites for hydroxylation is 1. The van der Waals surface area contributed by atoms with Crippen LogP contribution < -0.4 is 10.2 Å². The molecule has 0 atom stereocenters. The van der Waals surface area contributed by atoms with Gasteiger partial charge in [-0.3, -0.25) is 9.59 Å². The number of anilines is 2. The van der Waals surface area contributed by atoms with Crippen LogP contribution in [0.4, 0.5) is 11.4 Å². The summed E-state index contributed by atoms with van der Waals surface area (Å²) in [6.07, 6.45) is 0.935. The van der Waals surface area contributed by atoms with Crippen LogP contribution in [0.1, 0.15) is 19.4 Å². The van der Waals surface area contributed by atoms with Crippen molar-refractivity contribution in [3.8, 4) is 0 Å². The molecule has 2 aromatic rings. The Kier molecular flexibility index (Phi) is 5.31. The molecule has 0 heterocycles. The molecule has 1 N–H and O–H groups in total. The molecule has 0 fully saturated rings. The second kappa shape index (κ2) is 7.41. The van der Waals surface area contributed by atoms with Crippen molar-refractivity contribution in [1.82, 2.24) is 0 Å². The van der Waals surface area contributed by atoms with Gasteiger partial charge in [-0.25, -0.2) is 0 Å². The van der Waals surface area contributed by atoms with Gasteiger partial charge in [0, 0.05) is 17.9 Å². The monoisotopic (exact) mass is 296 g/mol. The molecule has 22 heavy (non-hydrogen) atoms. The molecule has 0 saturated carbocycles. The fourth-order valence-corrected chi connectivity index (χ4v) is 2.18. The highest BCUT2D eigenvalue weighted by atomic mass is 16.2. The Balaban J connectivity index is 2.08. The lowest BCUT2D eigenvalue weighted by atomic mass is 10.1. The Morgan fingerprint density at radius 1 is 0.955 bits per heavy atom. The fraction of sp³-hybridized carbons (Fsp3) is 0.222. The minimum absolute atomic E-state index is 0.436. The van der Waals surface area contributed by atoms with E-state index in [9.17, 15) is 9.59 Å². The summed E-state index contributed by atoms with van der Waals surface area (Å²) >= 11 is 0. The van der Waals surface area contributed by atoms with Crippen LogP contribution in [0.25, 0.3) is 0 Å². The predicted octanol–water partition coefficient (Wildman–Crippen LogP) is 3.24. The van der Waals surface area contributed by atoms with Crippen molar-refractivity contribution in [3.63, 3.8) is 0 Å². The molecule has 0 unspecified atom stereocenters. The maximum Gasteiger partial charge on any atom is 0.316 e. The van der Waals surface area contributed by atoms with Crippen LogP contribution in [0.3, 0.4) is 0 Å². The van der Waals surface area contributed by atoms with Gasteiger partial charge in [0.15, 0.2) is 0 Å². The third kappa shape index (κ3) is 3.73. The van der Waals surface area contributed by atoms with Crippen molar-refractivity contribution in [2.45, 2.75) is 20.3 Å². The van der Waals surface area contributed by atoms with E-state index in [1.165, 1.54) is 10.5 Å². The van der Waals surface area contributed by atoms with Gasteiger partial charge >= 0.3 is 11.8 Å². The van der Waals surface area contributed by atoms with Gasteiger partial charge < -0.3 is 10.2 Å². The summed E-state index contributed by atoms with van der Waals surface area (Å²) in [6, 6.07) is 16.7. The van der Waals surface area contributed by atoms with E-state index in [1.807, 2.05) is 61.5 Å². The number of nitrogens with one attached hydrogen (secondary N) is 1. The molecule has 4 nitrogen and oxygen atoms in total. The number of nitrogens with zero attached hydrogens (tertiary/aromatic N) is 1. The first-order valence-electron chi connectivity index (χ1n) is 7.42. The van der Waals surface area contributed by atoms with Gasteiger partial charge in [0.2, 0.25) is 0 Å². The molecule has 0 aromatic heterocycles. The third-order valence-corrected chi connectivity index (χ3v) is 3.44. The maximum absolute atomic E-state index is 12.3. The van der Waals surface area contributed by atoms with E-state index in [1.54, 1.807) is 0 Å². The first-order chi connectivity index (χ1) is 10.7. The molecule has 114 valence electrons. The van der Waals surface area contributed by atoms with E-state index in [-0.39, 0.29) is 0 Å². The van der Waals surface area contributed by atoms with Crippen LogP contribution >= 0.6 is 0 Å². The van der Waals surface area contributed by atoms with E-state index < -0.39 is 11.8 Å². The Hall–Kier alpha value is -2.62. The second-order valence-electron chi connectivity index (χ2n) is 4.89. The highest BCUT2D eigenvalue weighted by molar-refractivity contribution is 6.44. The minimum atomic E-state index is -0.630. The summed E-state index contributed by atoms with van der Waals surface area (Å²) in [6.45, 7) is 4.34. The molecule has 2 amide bonds. The Bertz CT molecular complexity index is 636. The Morgan fingerprint density at radius 3 is 2.14 bits per heavy atom. The normalized spacial score (nSPS) is 10.1. The molecular weight excluding hydrogens is 276 g/mol. The van der Waals surface area contributed by atoms with Gasteiger partial charge in [0.1, 0.15) is 0 Å². The number of carbonyl (C=O) groups excluding carboxylic acids is 2. The molecule has 2 rings (SSSR count). The number of likely N-dealkylation sites (N-methyl/N-ethyl adjacent to an activating group) is 1. The zero-order chi connectivity index (χ0) is 15.9. The van der Waals surface area contributed by atoms with Crippen LogP contribution in [-0.4, -0.2) is 18.4 Å². The largest absolute Gasteiger partial charge is 0.318 e. The molecular formula is C18H20N2O2. The molecule has 0 aliphatic carbocycles. The number of rotatable bonds is 4. The molecule has 0 aliphatic heterocycles. The molecule has 0 radical (unpaired) electrons. The van der Waals surface area contributed by atoms with Gasteiger partial charge in [-0.15, -0.1) is 0 Å². The van der Waals surface area contributed by atoms with Crippen LogP contribution in [0.2, 0.25) is 0 Å². The maximum atomic E-state index is 12.3. The van der Waals surface area contributed by atoms with Crippen molar-refractivity contribution in [2.24, 2.45) is 0 Å². The molecule has 0 aliphatic rings. The summed E-state index contributed by atoms with van der Waals surface area (Å²) in [5.74, 6) is -1.19. The smallest absolute Gasteiger partial charge is 0.316 e. The molecule has 0 bridgehead atoms. The van der Waals surface area contributed by atoms with E-state index >= 15 is 0 Å². The van der Waals surface area contributed by atoms with Gasteiger partial charge in [0.05, 0.1) is 0 Å². The van der Waals surface area contributed by atoms with Crippen molar-refractivity contribution >= 4 is 23.2 Å². The van der Waals surface area contributed by atoms with Crippen molar-refractivity contribution < 1.29 is 9.59 Å². The van der Waals surface area contributed by atoms with Gasteiger partial charge in [-0.05, 0) is 43.2 Å². The summed E-state index contributed by atoms with van der Waals surface area (Å²) in [5.41, 5.74) is 2.52. The average Bonchev–Trinajstić information content (AvgIpc) is 2.57. The summed E-state index contributed by atoms with van der Waals surface area (Å²) < 4.78 is 0. The Labute approximate surface area is 130 Å². The van der Waals surface area contributed by atoms with Crippen molar-refractivity contribution in [1.29, 1.82) is 0 Å². The Morgan fingerprint density at radius 2 is 1.59 bits per heavy atom. The highest BCUT2D eigenvalue weighted by Crippen LogP contribution is 2.14. The quantitative estimate of drug-likeness (QED) is 0.881. The van der Waals surface area contributed by atoms with E-state index in [2.05, 4.69) is 12.2 Å².